The lowest BCUT2D eigenvalue weighted by molar-refractivity contribution is -0.134. The van der Waals surface area contributed by atoms with Crippen molar-refractivity contribution < 1.29 is 4.79 Å². The highest BCUT2D eigenvalue weighted by Crippen LogP contribution is 2.28. The Labute approximate surface area is 130 Å². The van der Waals surface area contributed by atoms with E-state index in [0.717, 1.165) is 57.7 Å². The minimum atomic E-state index is 0.416. The highest BCUT2D eigenvalue weighted by atomic mass is 16.2. The zero-order chi connectivity index (χ0) is 14.9. The lowest BCUT2D eigenvalue weighted by Crippen LogP contribution is -2.46. The summed E-state index contributed by atoms with van der Waals surface area (Å²) in [5.74, 6) is 1.32. The summed E-state index contributed by atoms with van der Waals surface area (Å²) in [7, 11) is 0. The van der Waals surface area contributed by atoms with Crippen LogP contribution in [0.1, 0.15) is 77.6 Å². The smallest absolute Gasteiger partial charge is 0.222 e. The molecule has 0 bridgehead atoms. The van der Waals surface area contributed by atoms with E-state index < -0.39 is 0 Å². The summed E-state index contributed by atoms with van der Waals surface area (Å²) in [6.07, 6.45) is 13.6. The maximum absolute atomic E-state index is 12.6. The predicted octanol–water partition coefficient (Wildman–Crippen LogP) is 3.73. The van der Waals surface area contributed by atoms with E-state index in [0.29, 0.717) is 11.9 Å². The van der Waals surface area contributed by atoms with Gasteiger partial charge in [0.15, 0.2) is 0 Å². The van der Waals surface area contributed by atoms with Gasteiger partial charge >= 0.3 is 0 Å². The van der Waals surface area contributed by atoms with Crippen molar-refractivity contribution in [3.8, 4) is 0 Å². The molecule has 1 saturated carbocycles. The number of carbonyl (C=O) groups excluding carboxylic acids is 1. The van der Waals surface area contributed by atoms with Crippen LogP contribution in [0, 0.1) is 5.92 Å². The Kier molecular flexibility index (Phi) is 7.56. The Hall–Kier alpha value is -0.570. The topological polar surface area (TPSA) is 32.3 Å². The van der Waals surface area contributed by atoms with E-state index >= 15 is 0 Å². The molecule has 21 heavy (non-hydrogen) atoms. The predicted molar refractivity (Wildman–Crippen MR) is 88.3 cm³/mol. The van der Waals surface area contributed by atoms with Gasteiger partial charge in [-0.1, -0.05) is 39.0 Å². The number of hydrogen-bond donors (Lipinski definition) is 1. The van der Waals surface area contributed by atoms with Crippen molar-refractivity contribution in [1.29, 1.82) is 0 Å². The number of rotatable bonds is 7. The number of carbonyl (C=O) groups is 1. The lowest BCUT2D eigenvalue weighted by Gasteiger charge is -2.35. The first-order valence-corrected chi connectivity index (χ1v) is 9.31. The van der Waals surface area contributed by atoms with Crippen LogP contribution < -0.4 is 5.32 Å². The van der Waals surface area contributed by atoms with Gasteiger partial charge in [-0.3, -0.25) is 4.79 Å². The number of amides is 1. The molecule has 2 rings (SSSR count). The Morgan fingerprint density at radius 2 is 1.81 bits per heavy atom. The van der Waals surface area contributed by atoms with Gasteiger partial charge in [0.1, 0.15) is 0 Å². The van der Waals surface area contributed by atoms with Crippen molar-refractivity contribution in [2.24, 2.45) is 5.92 Å². The number of nitrogens with zero attached hydrogens (tertiary/aromatic N) is 1. The molecule has 1 saturated heterocycles. The second-order valence-corrected chi connectivity index (χ2v) is 6.96. The van der Waals surface area contributed by atoms with Gasteiger partial charge in [0.2, 0.25) is 5.91 Å². The average molecular weight is 294 g/mol. The normalized spacial score (nSPS) is 21.4. The summed E-state index contributed by atoms with van der Waals surface area (Å²) in [6.45, 7) is 5.27. The van der Waals surface area contributed by atoms with Gasteiger partial charge in [0.05, 0.1) is 0 Å². The van der Waals surface area contributed by atoms with Gasteiger partial charge in [-0.2, -0.15) is 0 Å². The van der Waals surface area contributed by atoms with Crippen molar-refractivity contribution in [3.63, 3.8) is 0 Å². The standard InChI is InChI=1S/C18H34N2O/c1-2-15-20(17-11-13-19-14-12-17)18(21)10-6-9-16-7-4-3-5-8-16/h16-17,19H,2-15H2,1H3. The van der Waals surface area contributed by atoms with E-state index in [1.807, 2.05) is 0 Å². The Bertz CT molecular complexity index is 294. The van der Waals surface area contributed by atoms with Crippen LogP contribution in [0.15, 0.2) is 0 Å². The van der Waals surface area contributed by atoms with E-state index in [1.54, 1.807) is 0 Å². The molecule has 0 spiro atoms. The molecule has 0 aromatic carbocycles. The first-order valence-electron chi connectivity index (χ1n) is 9.31. The van der Waals surface area contributed by atoms with Crippen molar-refractivity contribution in [2.75, 3.05) is 19.6 Å². The summed E-state index contributed by atoms with van der Waals surface area (Å²) < 4.78 is 0. The first kappa shape index (κ1) is 16.8. The second kappa shape index (κ2) is 9.45. The molecule has 1 aliphatic carbocycles. The zero-order valence-corrected chi connectivity index (χ0v) is 13.9. The van der Waals surface area contributed by atoms with Crippen LogP contribution in [0.25, 0.3) is 0 Å². The van der Waals surface area contributed by atoms with Gasteiger partial charge in [-0.05, 0) is 51.1 Å². The van der Waals surface area contributed by atoms with Gasteiger partial charge < -0.3 is 10.2 Å². The first-order chi connectivity index (χ1) is 10.3. The molecule has 1 heterocycles. The fourth-order valence-corrected chi connectivity index (χ4v) is 4.03. The van der Waals surface area contributed by atoms with E-state index in [-0.39, 0.29) is 0 Å². The van der Waals surface area contributed by atoms with Crippen molar-refractivity contribution in [2.45, 2.75) is 83.6 Å². The van der Waals surface area contributed by atoms with E-state index in [2.05, 4.69) is 17.1 Å². The van der Waals surface area contributed by atoms with Crippen LogP contribution in [0.3, 0.4) is 0 Å². The van der Waals surface area contributed by atoms with Crippen molar-refractivity contribution >= 4 is 5.91 Å². The fraction of sp³-hybridized carbons (Fsp3) is 0.944. The minimum Gasteiger partial charge on any atom is -0.340 e. The average Bonchev–Trinajstić information content (AvgIpc) is 2.54. The van der Waals surface area contributed by atoms with Crippen molar-refractivity contribution in [3.05, 3.63) is 0 Å². The summed E-state index contributed by atoms with van der Waals surface area (Å²) in [5.41, 5.74) is 0. The molecule has 0 aromatic heterocycles. The highest BCUT2D eigenvalue weighted by Gasteiger charge is 2.24. The highest BCUT2D eigenvalue weighted by molar-refractivity contribution is 5.76. The van der Waals surface area contributed by atoms with Crippen LogP contribution >= 0.6 is 0 Å². The third-order valence-corrected chi connectivity index (χ3v) is 5.26. The summed E-state index contributed by atoms with van der Waals surface area (Å²) in [6, 6.07) is 0.494. The summed E-state index contributed by atoms with van der Waals surface area (Å²) >= 11 is 0. The maximum Gasteiger partial charge on any atom is 0.222 e. The Balaban J connectivity index is 1.72. The van der Waals surface area contributed by atoms with Crippen molar-refractivity contribution in [1.82, 2.24) is 10.2 Å². The van der Waals surface area contributed by atoms with E-state index in [1.165, 1.54) is 38.5 Å². The molecule has 0 unspecified atom stereocenters. The molecule has 0 radical (unpaired) electrons. The quantitative estimate of drug-likeness (QED) is 0.776. The minimum absolute atomic E-state index is 0.416. The lowest BCUT2D eigenvalue weighted by atomic mass is 9.86. The summed E-state index contributed by atoms with van der Waals surface area (Å²) in [4.78, 5) is 14.8. The van der Waals surface area contributed by atoms with Crippen LogP contribution in [-0.2, 0) is 4.79 Å². The van der Waals surface area contributed by atoms with Gasteiger partial charge in [-0.25, -0.2) is 0 Å². The Morgan fingerprint density at radius 3 is 2.48 bits per heavy atom. The van der Waals surface area contributed by atoms with E-state index in [4.69, 9.17) is 0 Å². The molecule has 2 fully saturated rings. The molecule has 122 valence electrons. The molecule has 1 amide bonds. The molecule has 3 nitrogen and oxygen atoms in total. The SMILES string of the molecule is CCCN(C(=O)CCCC1CCCCC1)C1CCNCC1. The molecule has 2 aliphatic rings. The molecule has 3 heteroatoms. The third-order valence-electron chi connectivity index (χ3n) is 5.26. The maximum atomic E-state index is 12.6. The van der Waals surface area contributed by atoms with E-state index in [9.17, 15) is 4.79 Å². The Morgan fingerprint density at radius 1 is 1.10 bits per heavy atom. The van der Waals surface area contributed by atoms with Crippen LogP contribution in [0.4, 0.5) is 0 Å². The molecular weight excluding hydrogens is 260 g/mol. The molecule has 1 aliphatic heterocycles. The zero-order valence-electron chi connectivity index (χ0n) is 13.9. The monoisotopic (exact) mass is 294 g/mol. The molecule has 0 aromatic rings. The fourth-order valence-electron chi connectivity index (χ4n) is 4.03. The molecule has 1 N–H and O–H groups in total. The van der Waals surface area contributed by atoms with Gasteiger partial charge in [0.25, 0.3) is 0 Å². The summed E-state index contributed by atoms with van der Waals surface area (Å²) in [5, 5.41) is 3.40. The number of nitrogens with one attached hydrogen (secondary N) is 1. The number of hydrogen-bond acceptors (Lipinski definition) is 2. The van der Waals surface area contributed by atoms with Crippen LogP contribution in [0.5, 0.6) is 0 Å². The second-order valence-electron chi connectivity index (χ2n) is 6.96. The van der Waals surface area contributed by atoms with Gasteiger partial charge in [0, 0.05) is 19.0 Å². The third kappa shape index (κ3) is 5.61. The van der Waals surface area contributed by atoms with Crippen LogP contribution in [-0.4, -0.2) is 36.5 Å². The van der Waals surface area contributed by atoms with Gasteiger partial charge in [-0.15, -0.1) is 0 Å². The largest absolute Gasteiger partial charge is 0.340 e. The molecule has 0 atom stereocenters. The number of piperidine rings is 1. The molecular formula is C18H34N2O. The van der Waals surface area contributed by atoms with Crippen LogP contribution in [0.2, 0.25) is 0 Å².